The number of anilines is 1. The number of aliphatic imine (C=N–C) groups is 1. The van der Waals surface area contributed by atoms with Crippen molar-refractivity contribution in [3.8, 4) is 5.75 Å². The van der Waals surface area contributed by atoms with Gasteiger partial charge in [-0.25, -0.2) is 0 Å². The van der Waals surface area contributed by atoms with Crippen LogP contribution in [0.15, 0.2) is 77.8 Å². The first-order valence-corrected chi connectivity index (χ1v) is 11.7. The van der Waals surface area contributed by atoms with Gasteiger partial charge in [0.15, 0.2) is 5.17 Å². The van der Waals surface area contributed by atoms with Crippen molar-refractivity contribution >= 4 is 44.4 Å². The summed E-state index contributed by atoms with van der Waals surface area (Å²) in [7, 11) is 0. The fourth-order valence-corrected chi connectivity index (χ4v) is 4.56. The third-order valence-corrected chi connectivity index (χ3v) is 5.94. The summed E-state index contributed by atoms with van der Waals surface area (Å²) in [5, 5.41) is 7.43. The summed E-state index contributed by atoms with van der Waals surface area (Å²) in [4.78, 5) is 4.54. The predicted molar refractivity (Wildman–Crippen MR) is 136 cm³/mol. The zero-order chi connectivity index (χ0) is 21.6. The van der Waals surface area contributed by atoms with Gasteiger partial charge < -0.3 is 14.6 Å². The Morgan fingerprint density at radius 1 is 0.935 bits per heavy atom. The molecule has 0 fully saturated rings. The van der Waals surface area contributed by atoms with Gasteiger partial charge in [0, 0.05) is 39.3 Å². The summed E-state index contributed by atoms with van der Waals surface area (Å²) in [6.45, 7) is 8.58. The molecule has 0 amide bonds. The van der Waals surface area contributed by atoms with Crippen molar-refractivity contribution in [1.82, 2.24) is 4.57 Å². The van der Waals surface area contributed by atoms with E-state index in [1.165, 1.54) is 21.8 Å². The van der Waals surface area contributed by atoms with E-state index in [1.54, 1.807) is 11.8 Å². The lowest BCUT2D eigenvalue weighted by Gasteiger charge is -2.13. The monoisotopic (exact) mass is 431 g/mol. The molecule has 0 atom stereocenters. The van der Waals surface area contributed by atoms with Crippen molar-refractivity contribution in [2.75, 3.05) is 18.5 Å². The van der Waals surface area contributed by atoms with E-state index in [2.05, 4.69) is 84.2 Å². The first-order chi connectivity index (χ1) is 15.2. The molecule has 0 aliphatic rings. The number of para-hydroxylation sites is 2. The normalized spacial score (nSPS) is 12.1. The highest BCUT2D eigenvalue weighted by Gasteiger charge is 2.09. The molecule has 0 saturated heterocycles. The third kappa shape index (κ3) is 5.05. The number of thioether (sulfide) groups is 1. The maximum atomic E-state index is 6.07. The van der Waals surface area contributed by atoms with Gasteiger partial charge in [-0.2, -0.15) is 0 Å². The van der Waals surface area contributed by atoms with Crippen molar-refractivity contribution < 1.29 is 4.74 Å². The highest BCUT2D eigenvalue weighted by atomic mass is 32.2. The number of nitrogens with one attached hydrogen (secondary N) is 1. The number of fused-ring (bicyclic) bond motifs is 3. The minimum absolute atomic E-state index is 0.487. The Morgan fingerprint density at radius 2 is 1.55 bits per heavy atom. The van der Waals surface area contributed by atoms with E-state index in [1.807, 2.05) is 24.3 Å². The highest BCUT2D eigenvalue weighted by Crippen LogP contribution is 2.28. The molecule has 0 aliphatic carbocycles. The zero-order valence-electron chi connectivity index (χ0n) is 18.3. The molecule has 0 bridgehead atoms. The van der Waals surface area contributed by atoms with Crippen LogP contribution in [0.1, 0.15) is 20.8 Å². The predicted octanol–water partition coefficient (Wildman–Crippen LogP) is 6.80. The van der Waals surface area contributed by atoms with Gasteiger partial charge in [0.2, 0.25) is 0 Å². The molecule has 0 unspecified atom stereocenters. The zero-order valence-corrected chi connectivity index (χ0v) is 19.2. The molecule has 4 nitrogen and oxygen atoms in total. The molecule has 5 heteroatoms. The standard InChI is InChI=1S/C26H29N3OS/c1-4-27-26(31-19(2)3)28-20-13-15-21(16-14-20)30-18-17-29-24-11-7-5-9-22(24)23-10-6-8-12-25(23)29/h5-16,19H,4,17-18H2,1-3H3,(H,27,28). The Hall–Kier alpha value is -2.92. The molecule has 4 rings (SSSR count). The number of nitrogens with zero attached hydrogens (tertiary/aromatic N) is 2. The second kappa shape index (κ2) is 9.92. The van der Waals surface area contributed by atoms with Gasteiger partial charge in [0.05, 0.1) is 6.54 Å². The smallest absolute Gasteiger partial charge is 0.161 e. The van der Waals surface area contributed by atoms with Crippen LogP contribution < -0.4 is 10.1 Å². The Morgan fingerprint density at radius 3 is 2.13 bits per heavy atom. The maximum absolute atomic E-state index is 6.07. The molecule has 160 valence electrons. The van der Waals surface area contributed by atoms with Crippen LogP contribution in [0.4, 0.5) is 5.69 Å². The average Bonchev–Trinajstić information content (AvgIpc) is 3.09. The highest BCUT2D eigenvalue weighted by molar-refractivity contribution is 8.14. The Labute approximate surface area is 188 Å². The van der Waals surface area contributed by atoms with E-state index in [-0.39, 0.29) is 0 Å². The van der Waals surface area contributed by atoms with Gasteiger partial charge in [0.1, 0.15) is 12.4 Å². The van der Waals surface area contributed by atoms with Crippen LogP contribution in [-0.4, -0.2) is 28.1 Å². The van der Waals surface area contributed by atoms with Crippen molar-refractivity contribution in [3.05, 3.63) is 72.8 Å². The Bertz CT molecular complexity index is 1130. The molecular weight excluding hydrogens is 402 g/mol. The number of hydrogen-bond donors (Lipinski definition) is 1. The molecular formula is C26H29N3OS. The Balaban J connectivity index is 1.42. The summed E-state index contributed by atoms with van der Waals surface area (Å²) in [5.74, 6) is 0.872. The summed E-state index contributed by atoms with van der Waals surface area (Å²) in [6.07, 6.45) is 0. The second-order valence-corrected chi connectivity index (χ2v) is 9.20. The summed E-state index contributed by atoms with van der Waals surface area (Å²) in [5.41, 5.74) is 3.52. The minimum atomic E-state index is 0.487. The fourth-order valence-electron chi connectivity index (χ4n) is 3.73. The molecule has 1 aromatic heterocycles. The summed E-state index contributed by atoms with van der Waals surface area (Å²) in [6, 6.07) is 25.2. The lowest BCUT2D eigenvalue weighted by atomic mass is 10.2. The number of aromatic nitrogens is 1. The van der Waals surface area contributed by atoms with Gasteiger partial charge in [-0.05, 0) is 43.3 Å². The van der Waals surface area contributed by atoms with E-state index in [4.69, 9.17) is 4.74 Å². The van der Waals surface area contributed by atoms with Crippen LogP contribution in [0.2, 0.25) is 0 Å². The number of benzene rings is 3. The lowest BCUT2D eigenvalue weighted by Crippen LogP contribution is -2.11. The molecule has 0 radical (unpaired) electrons. The molecule has 1 N–H and O–H groups in total. The Kier molecular flexibility index (Phi) is 6.82. The van der Waals surface area contributed by atoms with Crippen LogP contribution in [0.25, 0.3) is 21.8 Å². The lowest BCUT2D eigenvalue weighted by molar-refractivity contribution is 0.302. The van der Waals surface area contributed by atoms with E-state index < -0.39 is 0 Å². The van der Waals surface area contributed by atoms with Crippen LogP contribution in [0, 0.1) is 0 Å². The molecule has 0 saturated carbocycles. The molecule has 31 heavy (non-hydrogen) atoms. The second-order valence-electron chi connectivity index (χ2n) is 7.63. The molecule has 4 aromatic rings. The summed E-state index contributed by atoms with van der Waals surface area (Å²) < 4.78 is 8.41. The number of ether oxygens (including phenoxy) is 1. The molecule has 0 aliphatic heterocycles. The number of rotatable bonds is 7. The van der Waals surface area contributed by atoms with Crippen molar-refractivity contribution in [1.29, 1.82) is 0 Å². The van der Waals surface area contributed by atoms with Gasteiger partial charge in [-0.15, -0.1) is 0 Å². The fraction of sp³-hybridized carbons (Fsp3) is 0.269. The van der Waals surface area contributed by atoms with Gasteiger partial charge >= 0.3 is 0 Å². The van der Waals surface area contributed by atoms with Crippen LogP contribution in [0.3, 0.4) is 0 Å². The quantitative estimate of drug-likeness (QED) is 0.258. The van der Waals surface area contributed by atoms with Crippen molar-refractivity contribution in [3.63, 3.8) is 0 Å². The summed E-state index contributed by atoms with van der Waals surface area (Å²) >= 11 is 1.74. The van der Waals surface area contributed by atoms with Crippen LogP contribution in [-0.2, 0) is 6.54 Å². The molecule has 0 spiro atoms. The van der Waals surface area contributed by atoms with Gasteiger partial charge in [0.25, 0.3) is 0 Å². The first kappa shape index (κ1) is 21.3. The molecule has 1 heterocycles. The van der Waals surface area contributed by atoms with Crippen LogP contribution in [0.5, 0.6) is 5.75 Å². The topological polar surface area (TPSA) is 38.6 Å². The third-order valence-electron chi connectivity index (χ3n) is 5.02. The number of amidine groups is 1. The number of hydrogen-bond acceptors (Lipinski definition) is 3. The van der Waals surface area contributed by atoms with E-state index in [0.717, 1.165) is 29.7 Å². The minimum Gasteiger partial charge on any atom is -0.492 e. The van der Waals surface area contributed by atoms with E-state index in [0.29, 0.717) is 11.9 Å². The average molecular weight is 432 g/mol. The first-order valence-electron chi connectivity index (χ1n) is 10.8. The maximum Gasteiger partial charge on any atom is 0.161 e. The van der Waals surface area contributed by atoms with E-state index >= 15 is 0 Å². The van der Waals surface area contributed by atoms with E-state index in [9.17, 15) is 0 Å². The van der Waals surface area contributed by atoms with Crippen molar-refractivity contribution in [2.45, 2.75) is 32.6 Å². The van der Waals surface area contributed by atoms with Gasteiger partial charge in [-0.1, -0.05) is 62.0 Å². The molecule has 3 aromatic carbocycles. The largest absolute Gasteiger partial charge is 0.492 e. The van der Waals surface area contributed by atoms with Crippen molar-refractivity contribution in [2.24, 2.45) is 4.99 Å². The van der Waals surface area contributed by atoms with Crippen LogP contribution >= 0.6 is 11.8 Å². The SMILES string of the molecule is CCN=C(Nc1ccc(OCCn2c3ccccc3c3ccccc32)cc1)SC(C)C. The van der Waals surface area contributed by atoms with Gasteiger partial charge in [-0.3, -0.25) is 4.99 Å².